The maximum Gasteiger partial charge on any atom is 0.331 e. The fourth-order valence-electron chi connectivity index (χ4n) is 4.66. The molecule has 0 radical (unpaired) electrons. The highest BCUT2D eigenvalue weighted by Crippen LogP contribution is 2.40. The minimum atomic E-state index is -0.350. The van der Waals surface area contributed by atoms with Crippen LogP contribution >= 0.6 is 0 Å². The van der Waals surface area contributed by atoms with Gasteiger partial charge in [0.05, 0.1) is 28.9 Å². The molecule has 5 rings (SSSR count). The SMILES string of the molecule is CCc1ccc(C2OCCn3c(-c4ccccc4)c4c(=O)n(C)c(=O)n(C)c4c32)cc1. The van der Waals surface area contributed by atoms with Crippen molar-refractivity contribution in [1.29, 1.82) is 0 Å². The van der Waals surface area contributed by atoms with Gasteiger partial charge in [0, 0.05) is 20.6 Å². The normalized spacial score (nSPS) is 15.9. The predicted octanol–water partition coefficient (Wildman–Crippen LogP) is 3.39. The highest BCUT2D eigenvalue weighted by molar-refractivity contribution is 5.96. The second kappa shape index (κ2) is 7.39. The Morgan fingerprint density at radius 3 is 2.35 bits per heavy atom. The zero-order valence-electron chi connectivity index (χ0n) is 18.0. The van der Waals surface area contributed by atoms with Crippen LogP contribution in [0.3, 0.4) is 0 Å². The molecule has 1 aliphatic heterocycles. The second-order valence-electron chi connectivity index (χ2n) is 8.03. The Morgan fingerprint density at radius 1 is 0.968 bits per heavy atom. The summed E-state index contributed by atoms with van der Waals surface area (Å²) in [7, 11) is 3.26. The molecule has 0 fully saturated rings. The number of fused-ring (bicyclic) bond motifs is 3. The van der Waals surface area contributed by atoms with Gasteiger partial charge in [-0.25, -0.2) is 4.79 Å². The first-order chi connectivity index (χ1) is 15.0. The molecule has 0 aliphatic carbocycles. The summed E-state index contributed by atoms with van der Waals surface area (Å²) in [5, 5.41) is 0.562. The first kappa shape index (κ1) is 19.6. The van der Waals surface area contributed by atoms with Crippen LogP contribution in [-0.2, 0) is 31.8 Å². The van der Waals surface area contributed by atoms with Gasteiger partial charge >= 0.3 is 5.69 Å². The molecule has 0 amide bonds. The number of ether oxygens (including phenoxy) is 1. The Labute approximate surface area is 179 Å². The summed E-state index contributed by atoms with van der Waals surface area (Å²) in [6.07, 6.45) is 0.616. The third kappa shape index (κ3) is 2.90. The number of hydrogen-bond donors (Lipinski definition) is 0. The van der Waals surface area contributed by atoms with Crippen molar-refractivity contribution in [2.24, 2.45) is 14.1 Å². The number of hydrogen-bond acceptors (Lipinski definition) is 3. The van der Waals surface area contributed by atoms with Gasteiger partial charge in [-0.15, -0.1) is 0 Å². The molecule has 1 aliphatic rings. The predicted molar refractivity (Wildman–Crippen MR) is 121 cm³/mol. The van der Waals surface area contributed by atoms with Gasteiger partial charge in [-0.05, 0) is 23.1 Å². The van der Waals surface area contributed by atoms with Gasteiger partial charge in [0.15, 0.2) is 0 Å². The van der Waals surface area contributed by atoms with E-state index in [0.717, 1.165) is 28.9 Å². The van der Waals surface area contributed by atoms with Crippen molar-refractivity contribution in [2.45, 2.75) is 26.0 Å². The zero-order valence-corrected chi connectivity index (χ0v) is 18.0. The highest BCUT2D eigenvalue weighted by atomic mass is 16.5. The molecule has 6 heteroatoms. The summed E-state index contributed by atoms with van der Waals surface area (Å²) < 4.78 is 11.2. The Kier molecular flexibility index (Phi) is 4.67. The summed E-state index contributed by atoms with van der Waals surface area (Å²) in [6, 6.07) is 18.3. The zero-order chi connectivity index (χ0) is 21.7. The largest absolute Gasteiger partial charge is 0.365 e. The molecule has 1 unspecified atom stereocenters. The first-order valence-electron chi connectivity index (χ1n) is 10.6. The lowest BCUT2D eigenvalue weighted by Gasteiger charge is -2.28. The van der Waals surface area contributed by atoms with Crippen LogP contribution in [0.15, 0.2) is 64.2 Å². The van der Waals surface area contributed by atoms with Gasteiger partial charge in [0.25, 0.3) is 5.56 Å². The van der Waals surface area contributed by atoms with Crippen molar-refractivity contribution in [3.05, 3.63) is 92.3 Å². The van der Waals surface area contributed by atoms with Gasteiger partial charge in [-0.1, -0.05) is 61.5 Å². The topological polar surface area (TPSA) is 58.2 Å². The Hall–Kier alpha value is -3.38. The van der Waals surface area contributed by atoms with Crippen molar-refractivity contribution in [2.75, 3.05) is 6.61 Å². The lowest BCUT2D eigenvalue weighted by atomic mass is 10.0. The maximum absolute atomic E-state index is 13.3. The average molecular weight is 415 g/mol. The smallest absolute Gasteiger partial charge is 0.331 e. The lowest BCUT2D eigenvalue weighted by molar-refractivity contribution is 0.0478. The minimum Gasteiger partial charge on any atom is -0.365 e. The van der Waals surface area contributed by atoms with Crippen LogP contribution in [0.5, 0.6) is 0 Å². The molecular formula is C25H25N3O3. The lowest BCUT2D eigenvalue weighted by Crippen LogP contribution is -2.37. The molecule has 3 heterocycles. The van der Waals surface area contributed by atoms with Crippen LogP contribution in [0.4, 0.5) is 0 Å². The van der Waals surface area contributed by atoms with E-state index in [1.807, 2.05) is 30.3 Å². The molecule has 1 atom stereocenters. The van der Waals surface area contributed by atoms with E-state index in [2.05, 4.69) is 35.8 Å². The van der Waals surface area contributed by atoms with Gasteiger partial charge in [-0.2, -0.15) is 0 Å². The van der Waals surface area contributed by atoms with E-state index in [9.17, 15) is 9.59 Å². The van der Waals surface area contributed by atoms with E-state index in [-0.39, 0.29) is 17.4 Å². The Bertz CT molecular complexity index is 1390. The van der Waals surface area contributed by atoms with Crippen LogP contribution in [0, 0.1) is 0 Å². The van der Waals surface area contributed by atoms with E-state index in [1.54, 1.807) is 11.6 Å². The molecule has 31 heavy (non-hydrogen) atoms. The molecule has 2 aromatic heterocycles. The average Bonchev–Trinajstić information content (AvgIpc) is 3.17. The van der Waals surface area contributed by atoms with E-state index in [0.29, 0.717) is 24.1 Å². The summed E-state index contributed by atoms with van der Waals surface area (Å²) in [5.41, 5.74) is 4.97. The van der Waals surface area contributed by atoms with Gasteiger partial charge in [0.2, 0.25) is 0 Å². The molecule has 158 valence electrons. The highest BCUT2D eigenvalue weighted by Gasteiger charge is 2.32. The molecule has 0 N–H and O–H groups in total. The standard InChI is InChI=1S/C25H25N3O3/c1-4-16-10-12-18(13-11-16)23-22-21-19(24(29)27(3)25(30)26(21)2)20(28(22)14-15-31-23)17-8-6-5-7-9-17/h5-13,23H,4,14-15H2,1-3H3. The third-order valence-electron chi connectivity index (χ3n) is 6.29. The number of nitrogens with zero attached hydrogens (tertiary/aromatic N) is 3. The summed E-state index contributed by atoms with van der Waals surface area (Å²) >= 11 is 0. The fraction of sp³-hybridized carbons (Fsp3) is 0.280. The fourth-order valence-corrected chi connectivity index (χ4v) is 4.66. The Balaban J connectivity index is 1.90. The minimum absolute atomic E-state index is 0.279. The van der Waals surface area contributed by atoms with E-state index < -0.39 is 0 Å². The van der Waals surface area contributed by atoms with Gasteiger partial charge in [0.1, 0.15) is 6.10 Å². The number of aromatic nitrogens is 3. The molecule has 0 spiro atoms. The van der Waals surface area contributed by atoms with Crippen LogP contribution in [0.1, 0.15) is 29.8 Å². The molecule has 4 aromatic rings. The summed E-state index contributed by atoms with van der Waals surface area (Å²) in [5.74, 6) is 0. The second-order valence-corrected chi connectivity index (χ2v) is 8.03. The van der Waals surface area contributed by atoms with Crippen molar-refractivity contribution >= 4 is 10.9 Å². The van der Waals surface area contributed by atoms with E-state index >= 15 is 0 Å². The van der Waals surface area contributed by atoms with Crippen molar-refractivity contribution in [3.63, 3.8) is 0 Å². The molecule has 2 aromatic carbocycles. The van der Waals surface area contributed by atoms with Gasteiger partial charge < -0.3 is 9.30 Å². The van der Waals surface area contributed by atoms with Crippen molar-refractivity contribution < 1.29 is 4.74 Å². The number of benzene rings is 2. The van der Waals surface area contributed by atoms with Crippen LogP contribution in [0.25, 0.3) is 22.2 Å². The number of aryl methyl sites for hydroxylation is 2. The summed E-state index contributed by atoms with van der Waals surface area (Å²) in [6.45, 7) is 3.28. The van der Waals surface area contributed by atoms with Crippen LogP contribution in [-0.4, -0.2) is 20.3 Å². The molecule has 6 nitrogen and oxygen atoms in total. The number of rotatable bonds is 3. The van der Waals surface area contributed by atoms with Gasteiger partial charge in [-0.3, -0.25) is 13.9 Å². The first-order valence-corrected chi connectivity index (χ1v) is 10.6. The van der Waals surface area contributed by atoms with E-state index in [4.69, 9.17) is 4.74 Å². The van der Waals surface area contributed by atoms with Crippen molar-refractivity contribution in [3.8, 4) is 11.3 Å². The molecular weight excluding hydrogens is 390 g/mol. The molecule has 0 bridgehead atoms. The van der Waals surface area contributed by atoms with Crippen LogP contribution in [0.2, 0.25) is 0 Å². The molecule has 0 saturated carbocycles. The molecule has 0 saturated heterocycles. The van der Waals surface area contributed by atoms with Crippen molar-refractivity contribution in [1.82, 2.24) is 13.7 Å². The quantitative estimate of drug-likeness (QED) is 0.515. The van der Waals surface area contributed by atoms with Crippen LogP contribution < -0.4 is 11.2 Å². The monoisotopic (exact) mass is 415 g/mol. The Morgan fingerprint density at radius 2 is 1.68 bits per heavy atom. The maximum atomic E-state index is 13.3. The third-order valence-corrected chi connectivity index (χ3v) is 6.29. The summed E-state index contributed by atoms with van der Waals surface area (Å²) in [4.78, 5) is 26.2. The van der Waals surface area contributed by atoms with E-state index in [1.165, 1.54) is 17.2 Å².